The molecule has 0 fully saturated rings. The lowest BCUT2D eigenvalue weighted by molar-refractivity contribution is 0.487. The third-order valence-corrected chi connectivity index (χ3v) is 3.02. The first-order valence-electron chi connectivity index (χ1n) is 6.49. The van der Waals surface area contributed by atoms with E-state index in [1.165, 1.54) is 25.7 Å². The zero-order valence-electron chi connectivity index (χ0n) is 10.9. The Bertz CT molecular complexity index is 365. The summed E-state index contributed by atoms with van der Waals surface area (Å²) in [5.74, 6) is 0. The summed E-state index contributed by atoms with van der Waals surface area (Å²) in [6, 6.07) is 10.5. The number of nitrogens with zero attached hydrogens (tertiary/aromatic N) is 1. The molecule has 0 aliphatic carbocycles. The van der Waals surface area contributed by atoms with Gasteiger partial charge in [-0.3, -0.25) is 0 Å². The van der Waals surface area contributed by atoms with Crippen LogP contribution in [0, 0.1) is 11.3 Å². The van der Waals surface area contributed by atoms with E-state index >= 15 is 0 Å². The highest BCUT2D eigenvalue weighted by molar-refractivity contribution is 5.37. The fraction of sp³-hybridized carbons (Fsp3) is 0.533. The van der Waals surface area contributed by atoms with Crippen LogP contribution < -0.4 is 5.32 Å². The van der Waals surface area contributed by atoms with E-state index < -0.39 is 0 Å². The maximum Gasteiger partial charge on any atom is 0.0995 e. The molecule has 1 unspecified atom stereocenters. The summed E-state index contributed by atoms with van der Waals surface area (Å²) in [5, 5.41) is 12.5. The second-order valence-corrected chi connectivity index (χ2v) is 4.55. The van der Waals surface area contributed by atoms with Crippen LogP contribution >= 0.6 is 0 Å². The SMILES string of the molecule is CCCCCC(C)NCc1ccccc1C#N. The van der Waals surface area contributed by atoms with Gasteiger partial charge in [-0.15, -0.1) is 0 Å². The normalized spacial score (nSPS) is 12.1. The monoisotopic (exact) mass is 230 g/mol. The molecular formula is C15H22N2. The summed E-state index contributed by atoms with van der Waals surface area (Å²) in [6.45, 7) is 5.23. The van der Waals surface area contributed by atoms with Crippen molar-refractivity contribution < 1.29 is 0 Å². The van der Waals surface area contributed by atoms with Gasteiger partial charge < -0.3 is 5.32 Å². The topological polar surface area (TPSA) is 35.8 Å². The third-order valence-electron chi connectivity index (χ3n) is 3.02. The van der Waals surface area contributed by atoms with Crippen molar-refractivity contribution in [3.8, 4) is 6.07 Å². The molecule has 0 saturated heterocycles. The standard InChI is InChI=1S/C15H22N2/c1-3-4-5-8-13(2)17-12-15-10-7-6-9-14(15)11-16/h6-7,9-10,13,17H,3-5,8,12H2,1-2H3. The van der Waals surface area contributed by atoms with E-state index in [9.17, 15) is 0 Å². The number of unbranched alkanes of at least 4 members (excludes halogenated alkanes) is 2. The fourth-order valence-corrected chi connectivity index (χ4v) is 1.87. The minimum atomic E-state index is 0.522. The molecule has 0 heterocycles. The van der Waals surface area contributed by atoms with Gasteiger partial charge in [0.15, 0.2) is 0 Å². The molecule has 0 amide bonds. The first kappa shape index (κ1) is 13.7. The van der Waals surface area contributed by atoms with E-state index in [-0.39, 0.29) is 0 Å². The number of rotatable bonds is 7. The van der Waals surface area contributed by atoms with E-state index in [1.54, 1.807) is 0 Å². The lowest BCUT2D eigenvalue weighted by Crippen LogP contribution is -2.25. The Balaban J connectivity index is 2.37. The zero-order chi connectivity index (χ0) is 12.5. The van der Waals surface area contributed by atoms with Crippen LogP contribution in [0.4, 0.5) is 0 Å². The minimum absolute atomic E-state index is 0.522. The average molecular weight is 230 g/mol. The Morgan fingerprint density at radius 1 is 1.29 bits per heavy atom. The molecule has 92 valence electrons. The van der Waals surface area contributed by atoms with Crippen molar-refractivity contribution in [2.75, 3.05) is 0 Å². The predicted molar refractivity (Wildman–Crippen MR) is 71.6 cm³/mol. The van der Waals surface area contributed by atoms with Gasteiger partial charge >= 0.3 is 0 Å². The Kier molecular flexibility index (Phi) is 6.35. The Hall–Kier alpha value is -1.33. The summed E-state index contributed by atoms with van der Waals surface area (Å²) in [7, 11) is 0. The number of benzene rings is 1. The number of nitrogens with one attached hydrogen (secondary N) is 1. The molecular weight excluding hydrogens is 208 g/mol. The second-order valence-electron chi connectivity index (χ2n) is 4.55. The molecule has 0 radical (unpaired) electrons. The summed E-state index contributed by atoms with van der Waals surface area (Å²) in [5.41, 5.74) is 1.87. The van der Waals surface area contributed by atoms with Gasteiger partial charge in [-0.2, -0.15) is 5.26 Å². The highest BCUT2D eigenvalue weighted by Crippen LogP contribution is 2.08. The van der Waals surface area contributed by atoms with Gasteiger partial charge in [0.05, 0.1) is 11.6 Å². The van der Waals surface area contributed by atoms with E-state index in [0.717, 1.165) is 17.7 Å². The van der Waals surface area contributed by atoms with Crippen LogP contribution in [0.2, 0.25) is 0 Å². The van der Waals surface area contributed by atoms with Gasteiger partial charge in [0.25, 0.3) is 0 Å². The first-order chi connectivity index (χ1) is 8.27. The van der Waals surface area contributed by atoms with Crippen molar-refractivity contribution in [1.29, 1.82) is 5.26 Å². The Morgan fingerprint density at radius 2 is 2.06 bits per heavy atom. The van der Waals surface area contributed by atoms with Crippen molar-refractivity contribution in [3.63, 3.8) is 0 Å². The molecule has 2 nitrogen and oxygen atoms in total. The predicted octanol–water partition coefficient (Wildman–Crippen LogP) is 3.62. The maximum absolute atomic E-state index is 8.98. The molecule has 1 atom stereocenters. The van der Waals surface area contributed by atoms with Crippen LogP contribution in [-0.2, 0) is 6.54 Å². The molecule has 0 spiro atoms. The molecule has 1 rings (SSSR count). The molecule has 0 bridgehead atoms. The average Bonchev–Trinajstić information content (AvgIpc) is 2.37. The summed E-state index contributed by atoms with van der Waals surface area (Å²) >= 11 is 0. The molecule has 1 N–H and O–H groups in total. The molecule has 0 saturated carbocycles. The van der Waals surface area contributed by atoms with Crippen molar-refractivity contribution in [1.82, 2.24) is 5.32 Å². The van der Waals surface area contributed by atoms with Gasteiger partial charge in [0.1, 0.15) is 0 Å². The minimum Gasteiger partial charge on any atom is -0.310 e. The zero-order valence-corrected chi connectivity index (χ0v) is 10.9. The van der Waals surface area contributed by atoms with E-state index in [0.29, 0.717) is 6.04 Å². The number of hydrogen-bond donors (Lipinski definition) is 1. The number of hydrogen-bond acceptors (Lipinski definition) is 2. The lowest BCUT2D eigenvalue weighted by atomic mass is 10.1. The first-order valence-corrected chi connectivity index (χ1v) is 6.49. The highest BCUT2D eigenvalue weighted by Gasteiger charge is 2.04. The van der Waals surface area contributed by atoms with Gasteiger partial charge in [0.2, 0.25) is 0 Å². The van der Waals surface area contributed by atoms with E-state index in [4.69, 9.17) is 5.26 Å². The number of nitriles is 1. The molecule has 1 aromatic carbocycles. The third kappa shape index (κ3) is 5.01. The quantitative estimate of drug-likeness (QED) is 0.726. The molecule has 1 aromatic rings. The smallest absolute Gasteiger partial charge is 0.0995 e. The molecule has 17 heavy (non-hydrogen) atoms. The van der Waals surface area contributed by atoms with Gasteiger partial charge in [-0.25, -0.2) is 0 Å². The van der Waals surface area contributed by atoms with Crippen molar-refractivity contribution in [2.45, 2.75) is 52.1 Å². The van der Waals surface area contributed by atoms with Gasteiger partial charge in [-0.05, 0) is 25.0 Å². The van der Waals surface area contributed by atoms with Crippen LogP contribution in [0.3, 0.4) is 0 Å². The molecule has 2 heteroatoms. The fourth-order valence-electron chi connectivity index (χ4n) is 1.87. The molecule has 0 aliphatic heterocycles. The Morgan fingerprint density at radius 3 is 2.76 bits per heavy atom. The molecule has 0 aliphatic rings. The maximum atomic E-state index is 8.98. The van der Waals surface area contributed by atoms with Gasteiger partial charge in [0, 0.05) is 12.6 Å². The van der Waals surface area contributed by atoms with Crippen molar-refractivity contribution in [2.24, 2.45) is 0 Å². The van der Waals surface area contributed by atoms with Crippen molar-refractivity contribution in [3.05, 3.63) is 35.4 Å². The largest absolute Gasteiger partial charge is 0.310 e. The van der Waals surface area contributed by atoms with Crippen LogP contribution in [0.15, 0.2) is 24.3 Å². The molecule has 0 aromatic heterocycles. The summed E-state index contributed by atoms with van der Waals surface area (Å²) < 4.78 is 0. The second kappa shape index (κ2) is 7.86. The van der Waals surface area contributed by atoms with Crippen LogP contribution in [0.25, 0.3) is 0 Å². The van der Waals surface area contributed by atoms with Crippen molar-refractivity contribution >= 4 is 0 Å². The highest BCUT2D eigenvalue weighted by atomic mass is 14.9. The van der Waals surface area contributed by atoms with Crippen LogP contribution in [-0.4, -0.2) is 6.04 Å². The van der Waals surface area contributed by atoms with E-state index in [1.807, 2.05) is 24.3 Å². The van der Waals surface area contributed by atoms with Crippen LogP contribution in [0.5, 0.6) is 0 Å². The Labute approximate surface area is 105 Å². The van der Waals surface area contributed by atoms with Crippen LogP contribution in [0.1, 0.15) is 50.7 Å². The van der Waals surface area contributed by atoms with Gasteiger partial charge in [-0.1, -0.05) is 44.4 Å². The summed E-state index contributed by atoms with van der Waals surface area (Å²) in [4.78, 5) is 0. The lowest BCUT2D eigenvalue weighted by Gasteiger charge is -2.14. The van der Waals surface area contributed by atoms with E-state index in [2.05, 4.69) is 25.2 Å². The summed E-state index contributed by atoms with van der Waals surface area (Å²) in [6.07, 6.45) is 5.07.